The summed E-state index contributed by atoms with van der Waals surface area (Å²) in [7, 11) is 0. The molecule has 0 bridgehead atoms. The zero-order valence-electron chi connectivity index (χ0n) is 12.3. The fraction of sp³-hybridized carbons (Fsp3) is 0.471. The molecule has 1 atom stereocenters. The van der Waals surface area contributed by atoms with E-state index in [9.17, 15) is 0 Å². The van der Waals surface area contributed by atoms with Crippen LogP contribution in [0, 0.1) is 5.92 Å². The molecular weight excluding hydrogens is 246 g/mol. The second kappa shape index (κ2) is 5.06. The van der Waals surface area contributed by atoms with E-state index in [1.165, 1.54) is 18.4 Å². The maximum atomic E-state index is 6.43. The van der Waals surface area contributed by atoms with Crippen molar-refractivity contribution in [3.05, 3.63) is 54.1 Å². The molecule has 1 aliphatic rings. The highest BCUT2D eigenvalue weighted by atomic mass is 15.1. The molecular formula is C17H23N3. The second-order valence-electron chi connectivity index (χ2n) is 6.41. The Bertz CT molecular complexity index is 567. The van der Waals surface area contributed by atoms with Crippen LogP contribution in [0.2, 0.25) is 0 Å². The number of aromatic nitrogens is 2. The highest BCUT2D eigenvalue weighted by Crippen LogP contribution is 2.44. The summed E-state index contributed by atoms with van der Waals surface area (Å²) in [4.78, 5) is 4.34. The van der Waals surface area contributed by atoms with Gasteiger partial charge >= 0.3 is 0 Å². The molecule has 0 unspecified atom stereocenters. The maximum Gasteiger partial charge on any atom is 0.0953 e. The number of benzene rings is 1. The molecule has 106 valence electrons. The molecule has 0 aliphatic heterocycles. The maximum absolute atomic E-state index is 6.43. The van der Waals surface area contributed by atoms with Crippen LogP contribution < -0.4 is 5.73 Å². The van der Waals surface area contributed by atoms with Crippen LogP contribution in [0.3, 0.4) is 0 Å². The summed E-state index contributed by atoms with van der Waals surface area (Å²) >= 11 is 0. The van der Waals surface area contributed by atoms with Crippen molar-refractivity contribution < 1.29 is 0 Å². The lowest BCUT2D eigenvalue weighted by Gasteiger charge is -2.30. The molecule has 3 rings (SSSR count). The molecule has 0 spiro atoms. The van der Waals surface area contributed by atoms with E-state index in [-0.39, 0.29) is 11.6 Å². The minimum absolute atomic E-state index is 0.00192. The van der Waals surface area contributed by atoms with Crippen molar-refractivity contribution in [2.24, 2.45) is 11.7 Å². The summed E-state index contributed by atoms with van der Waals surface area (Å²) in [6.45, 7) is 4.59. The lowest BCUT2D eigenvalue weighted by atomic mass is 9.96. The molecule has 1 heterocycles. The highest BCUT2D eigenvalue weighted by molar-refractivity contribution is 5.19. The topological polar surface area (TPSA) is 43.8 Å². The Morgan fingerprint density at radius 1 is 1.30 bits per heavy atom. The van der Waals surface area contributed by atoms with Gasteiger partial charge in [-0.1, -0.05) is 30.3 Å². The molecule has 1 saturated carbocycles. The van der Waals surface area contributed by atoms with Gasteiger partial charge in [0.15, 0.2) is 0 Å². The Hall–Kier alpha value is -1.61. The van der Waals surface area contributed by atoms with Gasteiger partial charge in [0.1, 0.15) is 0 Å². The Kier molecular flexibility index (Phi) is 3.38. The van der Waals surface area contributed by atoms with E-state index in [0.29, 0.717) is 0 Å². The molecule has 0 amide bonds. The summed E-state index contributed by atoms with van der Waals surface area (Å²) in [6, 6.07) is 10.4. The first-order valence-electron chi connectivity index (χ1n) is 7.41. The first-order chi connectivity index (χ1) is 9.59. The molecule has 1 aromatic heterocycles. The van der Waals surface area contributed by atoms with Crippen molar-refractivity contribution in [3.63, 3.8) is 0 Å². The normalized spacial score (nSPS) is 17.1. The number of hydrogen-bond donors (Lipinski definition) is 1. The van der Waals surface area contributed by atoms with Crippen molar-refractivity contribution in [2.45, 2.75) is 44.7 Å². The molecule has 3 heteroatoms. The van der Waals surface area contributed by atoms with Gasteiger partial charge in [0.2, 0.25) is 0 Å². The van der Waals surface area contributed by atoms with E-state index in [1.54, 1.807) is 0 Å². The Morgan fingerprint density at radius 3 is 2.65 bits per heavy atom. The van der Waals surface area contributed by atoms with E-state index in [1.807, 2.05) is 18.6 Å². The van der Waals surface area contributed by atoms with E-state index in [4.69, 9.17) is 5.73 Å². The van der Waals surface area contributed by atoms with Crippen LogP contribution in [-0.4, -0.2) is 9.55 Å². The summed E-state index contributed by atoms with van der Waals surface area (Å²) in [5.74, 6) is 0.763. The van der Waals surface area contributed by atoms with Crippen molar-refractivity contribution in [2.75, 3.05) is 0 Å². The zero-order valence-corrected chi connectivity index (χ0v) is 12.3. The lowest BCUT2D eigenvalue weighted by molar-refractivity contribution is 0.291. The van der Waals surface area contributed by atoms with Crippen molar-refractivity contribution in [1.82, 2.24) is 9.55 Å². The van der Waals surface area contributed by atoms with Crippen molar-refractivity contribution in [1.29, 1.82) is 0 Å². The van der Waals surface area contributed by atoms with Gasteiger partial charge in [0.05, 0.1) is 18.1 Å². The molecule has 0 radical (unpaired) electrons. The van der Waals surface area contributed by atoms with Gasteiger partial charge in [0.25, 0.3) is 0 Å². The summed E-state index contributed by atoms with van der Waals surface area (Å²) < 4.78 is 2.29. The lowest BCUT2D eigenvalue weighted by Crippen LogP contribution is -2.32. The van der Waals surface area contributed by atoms with Gasteiger partial charge in [0, 0.05) is 11.7 Å². The number of hydrogen-bond acceptors (Lipinski definition) is 2. The van der Waals surface area contributed by atoms with Crippen LogP contribution >= 0.6 is 0 Å². The van der Waals surface area contributed by atoms with E-state index < -0.39 is 0 Å². The molecule has 0 saturated heterocycles. The average Bonchev–Trinajstić information content (AvgIpc) is 3.17. The molecule has 20 heavy (non-hydrogen) atoms. The van der Waals surface area contributed by atoms with Crippen LogP contribution in [0.15, 0.2) is 42.9 Å². The van der Waals surface area contributed by atoms with Crippen LogP contribution in [0.4, 0.5) is 0 Å². The van der Waals surface area contributed by atoms with Crippen molar-refractivity contribution in [3.8, 4) is 0 Å². The average molecular weight is 269 g/mol. The number of nitrogens with two attached hydrogens (primary N) is 1. The molecule has 1 aromatic carbocycles. The number of nitrogens with zero attached hydrogens (tertiary/aromatic N) is 2. The standard InChI is InChI=1S/C17H23N3/c1-17(2,14-8-9-14)20-12-19-11-16(20)15(18)10-13-6-4-3-5-7-13/h3-7,11-12,14-15H,8-10,18H2,1-2H3/t15-/m1/s1. The highest BCUT2D eigenvalue weighted by Gasteiger charge is 2.40. The van der Waals surface area contributed by atoms with Crippen molar-refractivity contribution >= 4 is 0 Å². The molecule has 3 nitrogen and oxygen atoms in total. The zero-order chi connectivity index (χ0) is 14.2. The second-order valence-corrected chi connectivity index (χ2v) is 6.41. The van der Waals surface area contributed by atoms with Crippen LogP contribution in [0.25, 0.3) is 0 Å². The fourth-order valence-electron chi connectivity index (χ4n) is 3.02. The molecule has 1 fully saturated rings. The summed E-state index contributed by atoms with van der Waals surface area (Å²) in [6.07, 6.45) is 7.36. The third-order valence-corrected chi connectivity index (χ3v) is 4.54. The third kappa shape index (κ3) is 2.50. The smallest absolute Gasteiger partial charge is 0.0953 e. The number of rotatable bonds is 5. The summed E-state index contributed by atoms with van der Waals surface area (Å²) in [5.41, 5.74) is 8.97. The van der Waals surface area contributed by atoms with Gasteiger partial charge in [-0.25, -0.2) is 4.98 Å². The molecule has 2 aromatic rings. The minimum Gasteiger partial charge on any atom is -0.327 e. The van der Waals surface area contributed by atoms with Gasteiger partial charge in [-0.2, -0.15) is 0 Å². The van der Waals surface area contributed by atoms with Gasteiger partial charge in [-0.3, -0.25) is 0 Å². The predicted octanol–water partition coefficient (Wildman–Crippen LogP) is 3.27. The molecule has 1 aliphatic carbocycles. The first-order valence-corrected chi connectivity index (χ1v) is 7.41. The third-order valence-electron chi connectivity index (χ3n) is 4.54. The van der Waals surface area contributed by atoms with Crippen LogP contribution in [0.5, 0.6) is 0 Å². The van der Waals surface area contributed by atoms with Gasteiger partial charge < -0.3 is 10.3 Å². The SMILES string of the molecule is CC(C)(C1CC1)n1cncc1[C@H](N)Cc1ccccc1. The van der Waals surface area contributed by atoms with Gasteiger partial charge in [-0.05, 0) is 44.6 Å². The molecule has 2 N–H and O–H groups in total. The van der Waals surface area contributed by atoms with E-state index in [0.717, 1.165) is 18.0 Å². The van der Waals surface area contributed by atoms with Crippen LogP contribution in [-0.2, 0) is 12.0 Å². The number of imidazole rings is 1. The predicted molar refractivity (Wildman–Crippen MR) is 81.3 cm³/mol. The Labute approximate surface area is 120 Å². The quantitative estimate of drug-likeness (QED) is 0.905. The van der Waals surface area contributed by atoms with Crippen LogP contribution in [0.1, 0.15) is 44.0 Å². The Balaban J connectivity index is 1.82. The first kappa shape index (κ1) is 13.4. The minimum atomic E-state index is -0.00192. The summed E-state index contributed by atoms with van der Waals surface area (Å²) in [5, 5.41) is 0. The Morgan fingerprint density at radius 2 is 2.00 bits per heavy atom. The van der Waals surface area contributed by atoms with Gasteiger partial charge in [-0.15, -0.1) is 0 Å². The van der Waals surface area contributed by atoms with E-state index >= 15 is 0 Å². The monoisotopic (exact) mass is 269 g/mol. The fourth-order valence-corrected chi connectivity index (χ4v) is 3.02. The van der Waals surface area contributed by atoms with E-state index in [2.05, 4.69) is 47.7 Å². The largest absolute Gasteiger partial charge is 0.327 e.